The molecule has 1 saturated heterocycles. The van der Waals surface area contributed by atoms with Gasteiger partial charge in [0.1, 0.15) is 12.1 Å². The monoisotopic (exact) mass is 507 g/mol. The van der Waals surface area contributed by atoms with Crippen LogP contribution >= 0.6 is 0 Å². The van der Waals surface area contributed by atoms with Crippen LogP contribution < -0.4 is 10.6 Å². The fraction of sp³-hybridized carbons (Fsp3) is 0.172. The van der Waals surface area contributed by atoms with E-state index in [0.29, 0.717) is 17.3 Å². The number of nitrogens with zero attached hydrogens (tertiary/aromatic N) is 3. The second-order valence-electron chi connectivity index (χ2n) is 9.08. The Labute approximate surface area is 215 Å². The van der Waals surface area contributed by atoms with Crippen LogP contribution in [0.15, 0.2) is 90.2 Å². The quantitative estimate of drug-likeness (QED) is 0.336. The third-order valence-electron chi connectivity index (χ3n) is 6.61. The lowest BCUT2D eigenvalue weighted by molar-refractivity contribution is 0.447. The van der Waals surface area contributed by atoms with Crippen molar-refractivity contribution < 1.29 is 8.42 Å². The maximum absolute atomic E-state index is 13.1. The summed E-state index contributed by atoms with van der Waals surface area (Å²) < 4.78 is 27.6. The van der Waals surface area contributed by atoms with Crippen molar-refractivity contribution in [2.75, 3.05) is 18.4 Å². The minimum Gasteiger partial charge on any atom is -0.340 e. The van der Waals surface area contributed by atoms with E-state index in [-0.39, 0.29) is 4.90 Å². The van der Waals surface area contributed by atoms with Crippen LogP contribution in [0.2, 0.25) is 0 Å². The lowest BCUT2D eigenvalue weighted by atomic mass is 9.98. The van der Waals surface area contributed by atoms with Gasteiger partial charge in [0.25, 0.3) is 10.0 Å². The van der Waals surface area contributed by atoms with Crippen molar-refractivity contribution in [3.05, 3.63) is 90.9 Å². The molecule has 7 nitrogen and oxygen atoms in total. The molecule has 0 saturated carbocycles. The Hall–Kier alpha value is -4.19. The second-order valence-corrected chi connectivity index (χ2v) is 10.9. The molecule has 6 rings (SSSR count). The van der Waals surface area contributed by atoms with E-state index >= 15 is 0 Å². The van der Waals surface area contributed by atoms with Crippen molar-refractivity contribution >= 4 is 43.3 Å². The van der Waals surface area contributed by atoms with Crippen LogP contribution in [-0.4, -0.2) is 35.4 Å². The van der Waals surface area contributed by atoms with Gasteiger partial charge in [0.2, 0.25) is 0 Å². The Morgan fingerprint density at radius 2 is 1.78 bits per heavy atom. The van der Waals surface area contributed by atoms with Crippen molar-refractivity contribution in [3.63, 3.8) is 0 Å². The highest BCUT2D eigenvalue weighted by Gasteiger charge is 2.18. The first-order valence-corrected chi connectivity index (χ1v) is 13.7. The number of benzene rings is 3. The topological polar surface area (TPSA) is 88.9 Å². The zero-order valence-corrected chi connectivity index (χ0v) is 20.9. The van der Waals surface area contributed by atoms with E-state index in [1.54, 1.807) is 48.7 Å². The number of aromatic nitrogens is 3. The molecule has 1 aliphatic heterocycles. The standard InChI is InChI=1S/C29H25N5O2S/c35-37(36,25-4-2-1-3-5-25)34-17-14-23-19-24(9-11-28(23)34)33-29-26-18-22(8-10-27(26)31-20-32-29)7-6-21-12-15-30-16-13-21/h1-5,8-11,14,17-21,30H,12-13,15-16H2,(H,31,32,33). The van der Waals surface area contributed by atoms with Gasteiger partial charge in [0.05, 0.1) is 15.9 Å². The number of nitrogens with one attached hydrogen (secondary N) is 2. The first kappa shape index (κ1) is 23.2. The number of rotatable bonds is 4. The summed E-state index contributed by atoms with van der Waals surface area (Å²) in [6, 6.07) is 21.8. The van der Waals surface area contributed by atoms with Gasteiger partial charge in [-0.25, -0.2) is 22.4 Å². The molecule has 2 N–H and O–H groups in total. The minimum atomic E-state index is -3.68. The van der Waals surface area contributed by atoms with Gasteiger partial charge >= 0.3 is 0 Å². The van der Waals surface area contributed by atoms with E-state index in [4.69, 9.17) is 0 Å². The Morgan fingerprint density at radius 3 is 2.62 bits per heavy atom. The van der Waals surface area contributed by atoms with Crippen LogP contribution in [0.3, 0.4) is 0 Å². The maximum atomic E-state index is 13.1. The van der Waals surface area contributed by atoms with Gasteiger partial charge in [-0.3, -0.25) is 0 Å². The average molecular weight is 508 g/mol. The smallest absolute Gasteiger partial charge is 0.268 e. The molecule has 37 heavy (non-hydrogen) atoms. The van der Waals surface area contributed by atoms with Crippen LogP contribution in [0.25, 0.3) is 21.8 Å². The molecule has 0 amide bonds. The van der Waals surface area contributed by atoms with E-state index in [9.17, 15) is 8.42 Å². The highest BCUT2D eigenvalue weighted by Crippen LogP contribution is 2.28. The summed E-state index contributed by atoms with van der Waals surface area (Å²) in [7, 11) is -3.68. The molecule has 3 aromatic carbocycles. The minimum absolute atomic E-state index is 0.251. The summed E-state index contributed by atoms with van der Waals surface area (Å²) in [5, 5.41) is 8.44. The van der Waals surface area contributed by atoms with Gasteiger partial charge in [-0.05, 0) is 80.5 Å². The molecule has 0 aliphatic carbocycles. The molecule has 1 fully saturated rings. The summed E-state index contributed by atoms with van der Waals surface area (Å²) in [4.78, 5) is 9.13. The Balaban J connectivity index is 1.31. The molecule has 5 aromatic rings. The van der Waals surface area contributed by atoms with Crippen LogP contribution in [0, 0.1) is 17.8 Å². The third kappa shape index (κ3) is 4.67. The highest BCUT2D eigenvalue weighted by molar-refractivity contribution is 7.90. The van der Waals surface area contributed by atoms with Gasteiger partial charge in [-0.1, -0.05) is 30.0 Å². The summed E-state index contributed by atoms with van der Waals surface area (Å²) in [5.74, 6) is 7.84. The van der Waals surface area contributed by atoms with Gasteiger partial charge < -0.3 is 10.6 Å². The lowest BCUT2D eigenvalue weighted by Gasteiger charge is -2.17. The SMILES string of the molecule is O=S(=O)(c1ccccc1)n1ccc2cc(Nc3ncnc4ccc(C#CC5CCNCC5)cc34)ccc21. The van der Waals surface area contributed by atoms with Crippen molar-refractivity contribution in [1.82, 2.24) is 19.3 Å². The molecular weight excluding hydrogens is 482 g/mol. The summed E-state index contributed by atoms with van der Waals surface area (Å²) in [6.07, 6.45) is 5.28. The Morgan fingerprint density at radius 1 is 0.946 bits per heavy atom. The molecule has 1 aliphatic rings. The van der Waals surface area contributed by atoms with Crippen LogP contribution in [0.4, 0.5) is 11.5 Å². The van der Waals surface area contributed by atoms with Gasteiger partial charge in [0.15, 0.2) is 0 Å². The molecule has 184 valence electrons. The number of hydrogen-bond acceptors (Lipinski definition) is 6. The van der Waals surface area contributed by atoms with Crippen LogP contribution in [0.1, 0.15) is 18.4 Å². The van der Waals surface area contributed by atoms with E-state index in [2.05, 4.69) is 32.4 Å². The molecular formula is C29H25N5O2S. The predicted molar refractivity (Wildman–Crippen MR) is 146 cm³/mol. The van der Waals surface area contributed by atoms with Gasteiger partial charge in [-0.2, -0.15) is 0 Å². The Kier molecular flexibility index (Phi) is 6.08. The second kappa shape index (κ2) is 9.69. The first-order valence-electron chi connectivity index (χ1n) is 12.2. The fourth-order valence-corrected chi connectivity index (χ4v) is 6.01. The molecule has 0 unspecified atom stereocenters. The normalized spacial score (nSPS) is 14.4. The van der Waals surface area contributed by atoms with E-state index in [0.717, 1.165) is 53.5 Å². The number of piperidine rings is 1. The van der Waals surface area contributed by atoms with E-state index in [1.165, 1.54) is 10.3 Å². The third-order valence-corrected chi connectivity index (χ3v) is 8.32. The maximum Gasteiger partial charge on any atom is 0.268 e. The zero-order chi connectivity index (χ0) is 25.2. The Bertz CT molecular complexity index is 1760. The number of fused-ring (bicyclic) bond motifs is 2. The van der Waals surface area contributed by atoms with Gasteiger partial charge in [-0.15, -0.1) is 0 Å². The zero-order valence-electron chi connectivity index (χ0n) is 20.1. The molecule has 0 radical (unpaired) electrons. The van der Waals surface area contributed by atoms with Crippen molar-refractivity contribution in [3.8, 4) is 11.8 Å². The van der Waals surface area contributed by atoms with Crippen molar-refractivity contribution in [2.45, 2.75) is 17.7 Å². The average Bonchev–Trinajstić information content (AvgIpc) is 3.37. The van der Waals surface area contributed by atoms with Crippen LogP contribution in [-0.2, 0) is 10.0 Å². The largest absolute Gasteiger partial charge is 0.340 e. The molecule has 0 spiro atoms. The van der Waals surface area contributed by atoms with E-state index in [1.807, 2.05) is 30.3 Å². The lowest BCUT2D eigenvalue weighted by Crippen LogP contribution is -2.26. The number of anilines is 2. The molecule has 0 bridgehead atoms. The van der Waals surface area contributed by atoms with Gasteiger partial charge in [0, 0.05) is 34.1 Å². The molecule has 3 heterocycles. The fourth-order valence-electron chi connectivity index (χ4n) is 4.63. The summed E-state index contributed by atoms with van der Waals surface area (Å²) in [6.45, 7) is 2.04. The first-order chi connectivity index (χ1) is 18.1. The molecule has 0 atom stereocenters. The highest BCUT2D eigenvalue weighted by atomic mass is 32.2. The summed E-state index contributed by atoms with van der Waals surface area (Å²) in [5.41, 5.74) is 3.17. The van der Waals surface area contributed by atoms with Crippen molar-refractivity contribution in [2.24, 2.45) is 5.92 Å². The summed E-state index contributed by atoms with van der Waals surface area (Å²) >= 11 is 0. The van der Waals surface area contributed by atoms with Crippen LogP contribution in [0.5, 0.6) is 0 Å². The molecule has 8 heteroatoms. The molecule has 2 aromatic heterocycles. The predicted octanol–water partition coefficient (Wildman–Crippen LogP) is 4.92. The van der Waals surface area contributed by atoms with E-state index < -0.39 is 10.0 Å². The van der Waals surface area contributed by atoms with Crippen molar-refractivity contribution in [1.29, 1.82) is 0 Å². The number of hydrogen-bond donors (Lipinski definition) is 2.